The second kappa shape index (κ2) is 5.27. The molecule has 23 heavy (non-hydrogen) atoms. The van der Waals surface area contributed by atoms with E-state index in [-0.39, 0.29) is 5.56 Å². The van der Waals surface area contributed by atoms with Gasteiger partial charge >= 0.3 is 0 Å². The van der Waals surface area contributed by atoms with E-state index in [1.54, 1.807) is 36.4 Å². The first kappa shape index (κ1) is 14.6. The van der Waals surface area contributed by atoms with Crippen molar-refractivity contribution in [3.63, 3.8) is 0 Å². The Kier molecular flexibility index (Phi) is 3.34. The molecule has 1 N–H and O–H groups in total. The predicted octanol–water partition coefficient (Wildman–Crippen LogP) is 4.83. The maximum Gasteiger partial charge on any atom is 0.280 e. The van der Waals surface area contributed by atoms with Crippen LogP contribution in [0.15, 0.2) is 47.4 Å². The highest BCUT2D eigenvalue weighted by atomic mass is 35.5. The van der Waals surface area contributed by atoms with Crippen molar-refractivity contribution in [2.75, 3.05) is 0 Å². The fraction of sp³-hybridized carbons (Fsp3) is 0. The molecule has 0 unspecified atom stereocenters. The minimum absolute atomic E-state index is 0.206. The highest BCUT2D eigenvalue weighted by Crippen LogP contribution is 2.31. The Bertz CT molecular complexity index is 1110. The Morgan fingerprint density at radius 3 is 2.48 bits per heavy atom. The molecule has 4 aromatic rings. The standard InChI is InChI=1S/C16H8Cl3N3O/c17-8-1-3-10(4-2-8)22-16(23)11-7-20-13-6-9(18)5-12(19)14(13)15(11)21-22/h1-7,21H. The monoisotopic (exact) mass is 363 g/mol. The number of benzene rings is 2. The zero-order valence-corrected chi connectivity index (χ0v) is 13.7. The summed E-state index contributed by atoms with van der Waals surface area (Å²) < 4.78 is 1.44. The van der Waals surface area contributed by atoms with Gasteiger partial charge in [-0.15, -0.1) is 0 Å². The Labute approximate surface area is 145 Å². The van der Waals surface area contributed by atoms with Gasteiger partial charge in [-0.05, 0) is 36.4 Å². The quantitative estimate of drug-likeness (QED) is 0.526. The minimum atomic E-state index is -0.206. The van der Waals surface area contributed by atoms with E-state index in [0.717, 1.165) is 0 Å². The number of aromatic nitrogens is 3. The highest BCUT2D eigenvalue weighted by Gasteiger charge is 2.14. The molecule has 7 heteroatoms. The van der Waals surface area contributed by atoms with Crippen molar-refractivity contribution in [3.05, 3.63) is 68.0 Å². The summed E-state index contributed by atoms with van der Waals surface area (Å²) >= 11 is 18.2. The number of hydrogen-bond donors (Lipinski definition) is 1. The summed E-state index contributed by atoms with van der Waals surface area (Å²) in [7, 11) is 0. The molecule has 2 aromatic carbocycles. The normalized spacial score (nSPS) is 11.4. The average Bonchev–Trinajstić information content (AvgIpc) is 2.84. The number of nitrogens with one attached hydrogen (secondary N) is 1. The summed E-state index contributed by atoms with van der Waals surface area (Å²) in [5.74, 6) is 0. The summed E-state index contributed by atoms with van der Waals surface area (Å²) in [4.78, 5) is 16.9. The molecule has 0 amide bonds. The lowest BCUT2D eigenvalue weighted by Crippen LogP contribution is -2.13. The summed E-state index contributed by atoms with van der Waals surface area (Å²) in [5.41, 5.74) is 1.72. The maximum absolute atomic E-state index is 12.6. The van der Waals surface area contributed by atoms with Crippen LogP contribution >= 0.6 is 34.8 Å². The maximum atomic E-state index is 12.6. The molecule has 4 rings (SSSR count). The largest absolute Gasteiger partial charge is 0.289 e. The van der Waals surface area contributed by atoms with Crippen LogP contribution in [0.2, 0.25) is 15.1 Å². The number of fused-ring (bicyclic) bond motifs is 3. The first-order valence-corrected chi connectivity index (χ1v) is 7.82. The second-order valence-corrected chi connectivity index (χ2v) is 6.34. The fourth-order valence-corrected chi connectivity index (χ4v) is 3.28. The Hall–Kier alpha value is -2.01. The van der Waals surface area contributed by atoms with Gasteiger partial charge in [0.1, 0.15) is 0 Å². The lowest BCUT2D eigenvalue weighted by Gasteiger charge is -2.03. The van der Waals surface area contributed by atoms with E-state index in [9.17, 15) is 4.79 Å². The van der Waals surface area contributed by atoms with E-state index in [1.807, 2.05) is 0 Å². The van der Waals surface area contributed by atoms with Crippen molar-refractivity contribution in [2.45, 2.75) is 0 Å². The molecule has 0 fully saturated rings. The van der Waals surface area contributed by atoms with E-state index in [1.165, 1.54) is 10.9 Å². The molecule has 0 aliphatic carbocycles. The second-order valence-electron chi connectivity index (χ2n) is 5.06. The van der Waals surface area contributed by atoms with E-state index in [4.69, 9.17) is 34.8 Å². The number of H-pyrrole nitrogens is 1. The number of hydrogen-bond acceptors (Lipinski definition) is 2. The molecule has 0 spiro atoms. The third kappa shape index (κ3) is 2.30. The zero-order valence-electron chi connectivity index (χ0n) is 11.5. The predicted molar refractivity (Wildman–Crippen MR) is 94.2 cm³/mol. The molecule has 0 aliphatic rings. The fourth-order valence-electron chi connectivity index (χ4n) is 2.58. The van der Waals surface area contributed by atoms with Crippen LogP contribution < -0.4 is 5.56 Å². The van der Waals surface area contributed by atoms with Gasteiger partial charge in [0.15, 0.2) is 0 Å². The van der Waals surface area contributed by atoms with Gasteiger partial charge < -0.3 is 0 Å². The molecule has 0 saturated heterocycles. The lowest BCUT2D eigenvalue weighted by molar-refractivity contribution is 0.865. The summed E-state index contributed by atoms with van der Waals surface area (Å²) in [6, 6.07) is 10.3. The third-order valence-electron chi connectivity index (χ3n) is 3.63. The van der Waals surface area contributed by atoms with Gasteiger partial charge in [-0.2, -0.15) is 0 Å². The molecule has 0 bridgehead atoms. The number of pyridine rings is 1. The third-order valence-corrected chi connectivity index (χ3v) is 4.40. The van der Waals surface area contributed by atoms with Crippen LogP contribution in [0.1, 0.15) is 0 Å². The summed E-state index contributed by atoms with van der Waals surface area (Å²) in [5, 5.41) is 5.75. The van der Waals surface area contributed by atoms with Crippen molar-refractivity contribution < 1.29 is 0 Å². The molecule has 0 aliphatic heterocycles. The molecule has 0 saturated carbocycles. The zero-order chi connectivity index (χ0) is 16.1. The molecule has 0 atom stereocenters. The van der Waals surface area contributed by atoms with Crippen LogP contribution in [0.3, 0.4) is 0 Å². The summed E-state index contributed by atoms with van der Waals surface area (Å²) in [6.07, 6.45) is 1.52. The Balaban J connectivity index is 2.09. The van der Waals surface area contributed by atoms with Crippen molar-refractivity contribution in [1.29, 1.82) is 0 Å². The molecular formula is C16H8Cl3N3O. The minimum Gasteiger partial charge on any atom is -0.289 e. The van der Waals surface area contributed by atoms with Crippen LogP contribution in [-0.4, -0.2) is 14.8 Å². The van der Waals surface area contributed by atoms with Gasteiger partial charge in [-0.25, -0.2) is 4.68 Å². The lowest BCUT2D eigenvalue weighted by atomic mass is 10.2. The van der Waals surface area contributed by atoms with Crippen LogP contribution in [-0.2, 0) is 0 Å². The van der Waals surface area contributed by atoms with Crippen molar-refractivity contribution in [2.24, 2.45) is 0 Å². The Morgan fingerprint density at radius 2 is 1.74 bits per heavy atom. The topological polar surface area (TPSA) is 50.7 Å². The van der Waals surface area contributed by atoms with E-state index >= 15 is 0 Å². The molecule has 2 aromatic heterocycles. The van der Waals surface area contributed by atoms with E-state index in [2.05, 4.69) is 10.1 Å². The number of aromatic amines is 1. The molecule has 2 heterocycles. The van der Waals surface area contributed by atoms with Gasteiger partial charge in [0.25, 0.3) is 5.56 Å². The molecular weight excluding hydrogens is 357 g/mol. The van der Waals surface area contributed by atoms with Crippen LogP contribution in [0.4, 0.5) is 0 Å². The number of halogens is 3. The van der Waals surface area contributed by atoms with E-state index in [0.29, 0.717) is 42.6 Å². The van der Waals surface area contributed by atoms with E-state index < -0.39 is 0 Å². The average molecular weight is 365 g/mol. The summed E-state index contributed by atoms with van der Waals surface area (Å²) in [6.45, 7) is 0. The first-order valence-electron chi connectivity index (χ1n) is 6.69. The smallest absolute Gasteiger partial charge is 0.280 e. The molecule has 114 valence electrons. The first-order chi connectivity index (χ1) is 11.0. The molecule has 0 radical (unpaired) electrons. The van der Waals surface area contributed by atoms with Crippen LogP contribution in [0.25, 0.3) is 27.5 Å². The van der Waals surface area contributed by atoms with Gasteiger partial charge in [0.05, 0.1) is 27.1 Å². The van der Waals surface area contributed by atoms with Crippen molar-refractivity contribution in [3.8, 4) is 5.69 Å². The molecule has 4 nitrogen and oxygen atoms in total. The van der Waals surface area contributed by atoms with Crippen molar-refractivity contribution in [1.82, 2.24) is 14.8 Å². The van der Waals surface area contributed by atoms with Crippen LogP contribution in [0.5, 0.6) is 0 Å². The van der Waals surface area contributed by atoms with Gasteiger partial charge in [-0.3, -0.25) is 14.9 Å². The number of rotatable bonds is 1. The number of nitrogens with zero attached hydrogens (tertiary/aromatic N) is 2. The van der Waals surface area contributed by atoms with Crippen LogP contribution in [0, 0.1) is 0 Å². The van der Waals surface area contributed by atoms with Gasteiger partial charge in [-0.1, -0.05) is 34.8 Å². The van der Waals surface area contributed by atoms with Crippen molar-refractivity contribution >= 4 is 56.6 Å². The van der Waals surface area contributed by atoms with Gasteiger partial charge in [0, 0.05) is 21.6 Å². The Morgan fingerprint density at radius 1 is 1.00 bits per heavy atom. The van der Waals surface area contributed by atoms with Gasteiger partial charge in [0.2, 0.25) is 0 Å². The highest BCUT2D eigenvalue weighted by molar-refractivity contribution is 6.40. The SMILES string of the molecule is O=c1c2cnc3cc(Cl)cc(Cl)c3c2[nH]n1-c1ccc(Cl)cc1.